The van der Waals surface area contributed by atoms with Gasteiger partial charge in [0.1, 0.15) is 18.0 Å². The van der Waals surface area contributed by atoms with E-state index in [9.17, 15) is 9.18 Å². The predicted molar refractivity (Wildman–Crippen MR) is 120 cm³/mol. The predicted octanol–water partition coefficient (Wildman–Crippen LogP) is 5.78. The molecule has 6 nitrogen and oxygen atoms in total. The Labute approximate surface area is 180 Å². The smallest absolute Gasteiger partial charge is 0.258 e. The van der Waals surface area contributed by atoms with Gasteiger partial charge in [0.2, 0.25) is 0 Å². The van der Waals surface area contributed by atoms with Gasteiger partial charge in [-0.1, -0.05) is 30.5 Å². The van der Waals surface area contributed by atoms with Gasteiger partial charge >= 0.3 is 0 Å². The number of amides is 1. The molecule has 0 bridgehead atoms. The summed E-state index contributed by atoms with van der Waals surface area (Å²) in [6, 6.07) is 3.27. The van der Waals surface area contributed by atoms with Gasteiger partial charge in [-0.2, -0.15) is 0 Å². The first-order valence-corrected chi connectivity index (χ1v) is 11.5. The molecule has 0 unspecified atom stereocenters. The van der Waals surface area contributed by atoms with E-state index >= 15 is 0 Å². The summed E-state index contributed by atoms with van der Waals surface area (Å²) in [5.41, 5.74) is 1.40. The third kappa shape index (κ3) is 4.41. The zero-order valence-corrected chi connectivity index (χ0v) is 18.0. The Hall–Kier alpha value is -2.10. The van der Waals surface area contributed by atoms with Crippen LogP contribution in [0, 0.1) is 5.82 Å². The Morgan fingerprint density at radius 3 is 2.97 bits per heavy atom. The lowest BCUT2D eigenvalue weighted by atomic mass is 10.2. The van der Waals surface area contributed by atoms with Crippen LogP contribution in [0.4, 0.5) is 21.6 Å². The van der Waals surface area contributed by atoms with Crippen molar-refractivity contribution in [3.63, 3.8) is 0 Å². The van der Waals surface area contributed by atoms with Gasteiger partial charge in [0.25, 0.3) is 5.91 Å². The van der Waals surface area contributed by atoms with Crippen LogP contribution in [0.2, 0.25) is 5.02 Å². The molecule has 1 aromatic carbocycles. The summed E-state index contributed by atoms with van der Waals surface area (Å²) in [4.78, 5) is 21.4. The van der Waals surface area contributed by atoms with Crippen LogP contribution in [0.15, 0.2) is 23.8 Å². The van der Waals surface area contributed by atoms with Crippen LogP contribution >= 0.6 is 34.9 Å². The zero-order chi connectivity index (χ0) is 20.4. The number of fused-ring (bicyclic) bond motifs is 1. The van der Waals surface area contributed by atoms with E-state index in [1.165, 1.54) is 35.7 Å². The number of nitrogens with one attached hydrogen (secondary N) is 3. The van der Waals surface area contributed by atoms with Crippen molar-refractivity contribution in [3.8, 4) is 0 Å². The number of carbonyl (C=O) groups is 1. The first-order valence-electron chi connectivity index (χ1n) is 9.24. The van der Waals surface area contributed by atoms with Crippen LogP contribution < -0.4 is 15.4 Å². The van der Waals surface area contributed by atoms with Gasteiger partial charge in [-0.15, -0.1) is 11.3 Å². The van der Waals surface area contributed by atoms with Crippen molar-refractivity contribution in [2.75, 3.05) is 21.1 Å². The van der Waals surface area contributed by atoms with Gasteiger partial charge < -0.3 is 15.4 Å². The molecule has 1 amide bonds. The molecule has 1 aliphatic rings. The van der Waals surface area contributed by atoms with Crippen LogP contribution in [-0.4, -0.2) is 27.7 Å². The maximum atomic E-state index is 14.4. The summed E-state index contributed by atoms with van der Waals surface area (Å²) < 4.78 is 18.3. The lowest BCUT2D eigenvalue weighted by Crippen LogP contribution is -2.14. The Balaban J connectivity index is 1.59. The van der Waals surface area contributed by atoms with Crippen molar-refractivity contribution in [1.29, 1.82) is 0 Å². The number of carbonyl (C=O) groups excluding carboxylic acids is 1. The van der Waals surface area contributed by atoms with Crippen molar-refractivity contribution >= 4 is 68.2 Å². The van der Waals surface area contributed by atoms with Gasteiger partial charge in [-0.25, -0.2) is 14.4 Å². The average Bonchev–Trinajstić information content (AvgIpc) is 3.42. The molecule has 29 heavy (non-hydrogen) atoms. The van der Waals surface area contributed by atoms with E-state index in [1.807, 2.05) is 0 Å². The molecule has 10 heteroatoms. The Morgan fingerprint density at radius 1 is 1.38 bits per heavy atom. The summed E-state index contributed by atoms with van der Waals surface area (Å²) in [7, 11) is 0. The molecular formula is C19H19ClFN5OS2. The molecule has 3 aromatic rings. The molecule has 1 aliphatic carbocycles. The second kappa shape index (κ2) is 8.73. The SMILES string of the molecule is CCCSNc1ccc(F)c(NC(=O)c2csc3c(NC4CC4)ncnc23)c1Cl. The van der Waals surface area contributed by atoms with Crippen LogP contribution in [0.25, 0.3) is 10.2 Å². The minimum atomic E-state index is -0.598. The van der Waals surface area contributed by atoms with Gasteiger partial charge in [-0.3, -0.25) is 4.79 Å². The molecule has 152 valence electrons. The number of benzene rings is 1. The second-order valence-corrected chi connectivity index (χ2v) is 8.82. The van der Waals surface area contributed by atoms with Gasteiger partial charge in [0.05, 0.1) is 32.2 Å². The molecule has 0 atom stereocenters. The summed E-state index contributed by atoms with van der Waals surface area (Å²) in [6.45, 7) is 2.06. The second-order valence-electron chi connectivity index (χ2n) is 6.66. The standard InChI is InChI=1S/C19H19ClFN5OS2/c1-2-7-29-26-13-6-5-12(21)16(14(13)20)25-19(27)11-8-28-17-15(11)22-9-23-18(17)24-10-3-4-10/h5-6,8-10,26H,2-4,7H2,1H3,(H,25,27)(H,22,23,24). The number of hydrogen-bond acceptors (Lipinski definition) is 7. The zero-order valence-electron chi connectivity index (χ0n) is 15.6. The quantitative estimate of drug-likeness (QED) is 0.297. The van der Waals surface area contributed by atoms with E-state index in [4.69, 9.17) is 11.6 Å². The first-order chi connectivity index (χ1) is 14.1. The minimum Gasteiger partial charge on any atom is -0.366 e. The summed E-state index contributed by atoms with van der Waals surface area (Å²) >= 11 is 9.20. The molecule has 2 heterocycles. The fourth-order valence-corrected chi connectivity index (χ4v) is 4.58. The van der Waals surface area contributed by atoms with Gasteiger partial charge in [-0.05, 0) is 31.4 Å². The Bertz CT molecular complexity index is 1060. The minimum absolute atomic E-state index is 0.0523. The molecular weight excluding hydrogens is 433 g/mol. The number of aromatic nitrogens is 2. The molecule has 1 saturated carbocycles. The normalized spacial score (nSPS) is 13.5. The van der Waals surface area contributed by atoms with Crippen LogP contribution in [0.5, 0.6) is 0 Å². The highest BCUT2D eigenvalue weighted by Crippen LogP contribution is 2.36. The van der Waals surface area contributed by atoms with Crippen molar-refractivity contribution < 1.29 is 9.18 Å². The van der Waals surface area contributed by atoms with Crippen LogP contribution in [-0.2, 0) is 0 Å². The number of anilines is 3. The van der Waals surface area contributed by atoms with Gasteiger partial charge in [0.15, 0.2) is 0 Å². The molecule has 4 rings (SSSR count). The molecule has 3 N–H and O–H groups in total. The Morgan fingerprint density at radius 2 is 2.21 bits per heavy atom. The van der Waals surface area contributed by atoms with Crippen molar-refractivity contribution in [3.05, 3.63) is 40.2 Å². The van der Waals surface area contributed by atoms with E-state index in [1.54, 1.807) is 11.4 Å². The average molecular weight is 452 g/mol. The fourth-order valence-electron chi connectivity index (χ4n) is 2.69. The van der Waals surface area contributed by atoms with Crippen molar-refractivity contribution in [2.24, 2.45) is 0 Å². The molecule has 0 saturated heterocycles. The molecule has 2 aromatic heterocycles. The van der Waals surface area contributed by atoms with E-state index in [2.05, 4.69) is 32.2 Å². The summed E-state index contributed by atoms with van der Waals surface area (Å²) in [5.74, 6) is 0.545. The Kier molecular flexibility index (Phi) is 6.07. The monoisotopic (exact) mass is 451 g/mol. The van der Waals surface area contributed by atoms with Crippen molar-refractivity contribution in [2.45, 2.75) is 32.2 Å². The van der Waals surface area contributed by atoms with Gasteiger partial charge in [0, 0.05) is 17.2 Å². The van der Waals surface area contributed by atoms with Crippen LogP contribution in [0.3, 0.4) is 0 Å². The number of halogens is 2. The number of rotatable bonds is 8. The molecule has 0 spiro atoms. The third-order valence-electron chi connectivity index (χ3n) is 4.33. The van der Waals surface area contributed by atoms with Crippen molar-refractivity contribution in [1.82, 2.24) is 9.97 Å². The van der Waals surface area contributed by atoms with E-state index in [-0.39, 0.29) is 10.7 Å². The number of hydrogen-bond donors (Lipinski definition) is 3. The van der Waals surface area contributed by atoms with E-state index < -0.39 is 11.7 Å². The maximum Gasteiger partial charge on any atom is 0.258 e. The number of thiophene rings is 1. The number of nitrogens with zero attached hydrogens (tertiary/aromatic N) is 2. The van der Waals surface area contributed by atoms with E-state index in [0.717, 1.165) is 35.5 Å². The molecule has 1 fully saturated rings. The first kappa shape index (κ1) is 20.2. The van der Waals surface area contributed by atoms with Crippen LogP contribution in [0.1, 0.15) is 36.5 Å². The largest absolute Gasteiger partial charge is 0.366 e. The van der Waals surface area contributed by atoms with E-state index in [0.29, 0.717) is 22.8 Å². The lowest BCUT2D eigenvalue weighted by Gasteiger charge is -2.13. The lowest BCUT2D eigenvalue weighted by molar-refractivity contribution is 0.102. The summed E-state index contributed by atoms with van der Waals surface area (Å²) in [5, 5.41) is 7.79. The molecule has 0 radical (unpaired) electrons. The third-order valence-corrected chi connectivity index (χ3v) is 6.68. The fraction of sp³-hybridized carbons (Fsp3) is 0.316. The summed E-state index contributed by atoms with van der Waals surface area (Å²) in [6.07, 6.45) is 4.65. The highest BCUT2D eigenvalue weighted by molar-refractivity contribution is 8.00. The maximum absolute atomic E-state index is 14.4. The highest BCUT2D eigenvalue weighted by Gasteiger charge is 2.24. The topological polar surface area (TPSA) is 78.9 Å². The highest BCUT2D eigenvalue weighted by atomic mass is 35.5. The molecule has 0 aliphatic heterocycles.